The van der Waals surface area contributed by atoms with Gasteiger partial charge in [-0.15, -0.1) is 0 Å². The van der Waals surface area contributed by atoms with Crippen LogP contribution in [0.4, 0.5) is 0 Å². The van der Waals surface area contributed by atoms with Gasteiger partial charge in [0.05, 0.1) is 52.9 Å². The number of nitrogens with two attached hydrogens (primary N) is 1. The molecule has 0 radical (unpaired) electrons. The molecule has 0 aromatic heterocycles. The molecule has 0 aliphatic heterocycles. The molecule has 0 aliphatic rings. The van der Waals surface area contributed by atoms with Crippen molar-refractivity contribution < 1.29 is 33.3 Å². The molecule has 0 aromatic carbocycles. The molecule has 0 rings (SSSR count). The van der Waals surface area contributed by atoms with E-state index in [4.69, 9.17) is 29.4 Å². The topological polar surface area (TPSA) is 142 Å². The molecule has 0 aliphatic carbocycles. The van der Waals surface area contributed by atoms with Crippen LogP contribution in [0.5, 0.6) is 0 Å². The number of hydrogen-bond acceptors (Lipinski definition) is 9. The number of hydrogen-bond donors (Lipinski definition) is 4. The predicted molar refractivity (Wildman–Crippen MR) is 135 cm³/mol. The maximum Gasteiger partial charge on any atom is 0.222 e. The number of carbonyl (C=O) groups is 2. The minimum absolute atomic E-state index is 0.0382. The Bertz CT molecular complexity index is 548. The maximum absolute atomic E-state index is 11.9. The second kappa shape index (κ2) is 25.2. The van der Waals surface area contributed by atoms with Crippen molar-refractivity contribution in [3.05, 3.63) is 11.9 Å². The van der Waals surface area contributed by atoms with Crippen LogP contribution in [0.2, 0.25) is 0 Å². The van der Waals surface area contributed by atoms with Crippen LogP contribution in [0.3, 0.4) is 0 Å². The Hall–Kier alpha value is -1.92. The highest BCUT2D eigenvalue weighted by atomic mass is 16.6. The van der Waals surface area contributed by atoms with Crippen LogP contribution >= 0.6 is 0 Å². The summed E-state index contributed by atoms with van der Waals surface area (Å²) >= 11 is 0. The van der Waals surface area contributed by atoms with Crippen LogP contribution in [-0.2, 0) is 33.3 Å². The summed E-state index contributed by atoms with van der Waals surface area (Å²) in [7, 11) is 1.64. The summed E-state index contributed by atoms with van der Waals surface area (Å²) in [5.41, 5.74) is 6.52. The zero-order valence-corrected chi connectivity index (χ0v) is 21.9. The molecule has 2 amide bonds. The lowest BCUT2D eigenvalue weighted by molar-refractivity contribution is -0.122. The van der Waals surface area contributed by atoms with Crippen LogP contribution < -0.4 is 21.7 Å². The van der Waals surface area contributed by atoms with Crippen molar-refractivity contribution in [1.29, 1.82) is 0 Å². The lowest BCUT2D eigenvalue weighted by Crippen LogP contribution is -2.30. The van der Waals surface area contributed by atoms with E-state index in [2.05, 4.69) is 29.8 Å². The van der Waals surface area contributed by atoms with Crippen LogP contribution in [-0.4, -0.2) is 98.0 Å². The molecule has 0 saturated carbocycles. The molecule has 0 bridgehead atoms. The van der Waals surface area contributed by atoms with Crippen LogP contribution in [0.1, 0.15) is 39.5 Å². The molecular formula is C24H48N4O7. The van der Waals surface area contributed by atoms with Crippen LogP contribution in [0, 0.1) is 5.92 Å². The number of methoxy groups -OCH3 is 1. The Kier molecular flexibility index (Phi) is 23.8. The minimum atomic E-state index is -0.0674. The van der Waals surface area contributed by atoms with Crippen molar-refractivity contribution in [2.45, 2.75) is 39.5 Å². The summed E-state index contributed by atoms with van der Waals surface area (Å²) in [6, 6.07) is 0. The van der Waals surface area contributed by atoms with Crippen molar-refractivity contribution in [3.63, 3.8) is 0 Å². The fourth-order valence-electron chi connectivity index (χ4n) is 2.55. The van der Waals surface area contributed by atoms with Gasteiger partial charge < -0.3 is 45.4 Å². The van der Waals surface area contributed by atoms with Gasteiger partial charge in [0.25, 0.3) is 0 Å². The largest absolute Gasteiger partial charge is 0.401 e. The molecule has 11 heteroatoms. The minimum Gasteiger partial charge on any atom is -0.401 e. The third-order valence-corrected chi connectivity index (χ3v) is 4.42. The lowest BCUT2D eigenvalue weighted by Gasteiger charge is -2.09. The van der Waals surface area contributed by atoms with Gasteiger partial charge in [-0.3, -0.25) is 9.59 Å². The fourth-order valence-corrected chi connectivity index (χ4v) is 2.55. The molecule has 11 nitrogen and oxygen atoms in total. The molecule has 0 unspecified atom stereocenters. The summed E-state index contributed by atoms with van der Waals surface area (Å²) < 4.78 is 26.4. The van der Waals surface area contributed by atoms with Gasteiger partial charge in [-0.2, -0.15) is 0 Å². The molecule has 0 saturated heterocycles. The van der Waals surface area contributed by atoms with Crippen LogP contribution in [0.15, 0.2) is 11.9 Å². The third kappa shape index (κ3) is 26.5. The number of nitrogens with one attached hydrogen (secondary N) is 3. The smallest absolute Gasteiger partial charge is 0.222 e. The Balaban J connectivity index is 3.48. The number of amides is 2. The van der Waals surface area contributed by atoms with Gasteiger partial charge in [0.15, 0.2) is 0 Å². The van der Waals surface area contributed by atoms with Crippen molar-refractivity contribution in [2.24, 2.45) is 11.7 Å². The van der Waals surface area contributed by atoms with E-state index in [0.29, 0.717) is 116 Å². The Labute approximate surface area is 210 Å². The standard InChI is InChI=1S/C24H48N4O7/c1-21(2)20-35-11-7-24(30)28-9-4-8-27-23(29)6-5-22(25)19-26-10-12-32-15-16-34-18-17-33-14-13-31-3/h19,21,26H,4-18,20,25H2,1-3H3,(H,27,29)(H,28,30)/b22-19-. The van der Waals surface area contributed by atoms with Crippen molar-refractivity contribution in [1.82, 2.24) is 16.0 Å². The maximum atomic E-state index is 11.9. The molecule has 0 fully saturated rings. The highest BCUT2D eigenvalue weighted by Crippen LogP contribution is 1.97. The number of rotatable bonds is 25. The van der Waals surface area contributed by atoms with E-state index in [-0.39, 0.29) is 11.8 Å². The fraction of sp³-hybridized carbons (Fsp3) is 0.833. The van der Waals surface area contributed by atoms with E-state index >= 15 is 0 Å². The van der Waals surface area contributed by atoms with E-state index in [1.165, 1.54) is 0 Å². The van der Waals surface area contributed by atoms with E-state index in [0.717, 1.165) is 0 Å². The summed E-state index contributed by atoms with van der Waals surface area (Å²) in [5.74, 6) is 0.355. The van der Waals surface area contributed by atoms with Crippen LogP contribution in [0.25, 0.3) is 0 Å². The Morgan fingerprint density at radius 3 is 1.91 bits per heavy atom. The summed E-state index contributed by atoms with van der Waals surface area (Å²) in [6.45, 7) is 10.6. The van der Waals surface area contributed by atoms with Gasteiger partial charge in [0.1, 0.15) is 0 Å². The Morgan fingerprint density at radius 1 is 0.743 bits per heavy atom. The van der Waals surface area contributed by atoms with Gasteiger partial charge in [0.2, 0.25) is 11.8 Å². The second-order valence-corrected chi connectivity index (χ2v) is 8.28. The van der Waals surface area contributed by atoms with Gasteiger partial charge >= 0.3 is 0 Å². The predicted octanol–water partition coefficient (Wildman–Crippen LogP) is 0.538. The zero-order valence-electron chi connectivity index (χ0n) is 21.9. The highest BCUT2D eigenvalue weighted by Gasteiger charge is 2.04. The van der Waals surface area contributed by atoms with E-state index in [1.807, 2.05) is 0 Å². The molecule has 0 heterocycles. The van der Waals surface area contributed by atoms with Gasteiger partial charge in [-0.25, -0.2) is 0 Å². The molecule has 0 atom stereocenters. The number of carbonyl (C=O) groups excluding carboxylic acids is 2. The van der Waals surface area contributed by atoms with E-state index in [9.17, 15) is 9.59 Å². The molecule has 206 valence electrons. The first-order valence-corrected chi connectivity index (χ1v) is 12.5. The summed E-state index contributed by atoms with van der Waals surface area (Å²) in [4.78, 5) is 23.6. The number of allylic oxidation sites excluding steroid dienone is 1. The van der Waals surface area contributed by atoms with Crippen molar-refractivity contribution in [3.8, 4) is 0 Å². The monoisotopic (exact) mass is 504 g/mol. The van der Waals surface area contributed by atoms with Gasteiger partial charge in [-0.1, -0.05) is 13.8 Å². The SMILES string of the molecule is COCCOCCOCCOCCN/C=C(\N)CCC(=O)NCCCNC(=O)CCOCC(C)C. The van der Waals surface area contributed by atoms with Crippen molar-refractivity contribution in [2.75, 3.05) is 86.2 Å². The average Bonchev–Trinajstić information content (AvgIpc) is 2.83. The summed E-state index contributed by atoms with van der Waals surface area (Å²) in [6.07, 6.45) is 3.50. The quantitative estimate of drug-likeness (QED) is 0.131. The molecule has 35 heavy (non-hydrogen) atoms. The molecular weight excluding hydrogens is 456 g/mol. The van der Waals surface area contributed by atoms with Gasteiger partial charge in [-0.05, 0) is 18.8 Å². The first-order chi connectivity index (χ1) is 17.0. The first kappa shape index (κ1) is 33.1. The molecule has 0 spiro atoms. The summed E-state index contributed by atoms with van der Waals surface area (Å²) in [5, 5.41) is 8.72. The third-order valence-electron chi connectivity index (χ3n) is 4.42. The lowest BCUT2D eigenvalue weighted by atomic mass is 10.2. The highest BCUT2D eigenvalue weighted by molar-refractivity contribution is 5.76. The first-order valence-electron chi connectivity index (χ1n) is 12.5. The average molecular weight is 505 g/mol. The normalized spacial score (nSPS) is 11.6. The van der Waals surface area contributed by atoms with E-state index in [1.54, 1.807) is 13.3 Å². The Morgan fingerprint density at radius 2 is 1.31 bits per heavy atom. The zero-order chi connectivity index (χ0) is 26.0. The molecule has 0 aromatic rings. The van der Waals surface area contributed by atoms with Gasteiger partial charge in [0, 0.05) is 58.1 Å². The second-order valence-electron chi connectivity index (χ2n) is 8.28. The van der Waals surface area contributed by atoms with E-state index < -0.39 is 0 Å². The number of ether oxygens (including phenoxy) is 5. The van der Waals surface area contributed by atoms with Crippen molar-refractivity contribution >= 4 is 11.8 Å². The molecule has 5 N–H and O–H groups in total.